The summed E-state index contributed by atoms with van der Waals surface area (Å²) in [7, 11) is 1.65. The fourth-order valence-electron chi connectivity index (χ4n) is 0.997. The molecule has 3 heteroatoms. The summed E-state index contributed by atoms with van der Waals surface area (Å²) >= 11 is 0. The Bertz CT molecular complexity index is 271. The van der Waals surface area contributed by atoms with Gasteiger partial charge < -0.3 is 9.94 Å². The molecule has 64 valence electrons. The van der Waals surface area contributed by atoms with Gasteiger partial charge in [-0.05, 0) is 17.2 Å². The van der Waals surface area contributed by atoms with Crippen LogP contribution in [0.5, 0.6) is 0 Å². The zero-order chi connectivity index (χ0) is 8.81. The van der Waals surface area contributed by atoms with E-state index in [0.717, 1.165) is 11.1 Å². The van der Waals surface area contributed by atoms with Crippen molar-refractivity contribution in [2.75, 3.05) is 7.11 Å². The van der Waals surface area contributed by atoms with Crippen LogP contribution >= 0.6 is 0 Å². The van der Waals surface area contributed by atoms with E-state index in [1.807, 2.05) is 24.3 Å². The van der Waals surface area contributed by atoms with Crippen LogP contribution in [0.2, 0.25) is 0 Å². The average molecular weight is 165 g/mol. The molecule has 1 N–H and O–H groups in total. The van der Waals surface area contributed by atoms with E-state index in [1.165, 1.54) is 6.21 Å². The maximum Gasteiger partial charge on any atom is 0.0733 e. The standard InChI is InChI=1S/C9H11NO2/c1-12-7-9-4-2-3-8(5-9)6-10-11/h2-6,11H,7H2,1H3. The van der Waals surface area contributed by atoms with Crippen molar-refractivity contribution in [3.8, 4) is 0 Å². The first-order valence-corrected chi connectivity index (χ1v) is 3.62. The van der Waals surface area contributed by atoms with Gasteiger partial charge in [-0.1, -0.05) is 23.4 Å². The first-order chi connectivity index (χ1) is 5.86. The van der Waals surface area contributed by atoms with Crippen molar-refractivity contribution in [3.63, 3.8) is 0 Å². The fourth-order valence-corrected chi connectivity index (χ4v) is 0.997. The summed E-state index contributed by atoms with van der Waals surface area (Å²) in [6, 6.07) is 7.62. The van der Waals surface area contributed by atoms with Crippen LogP contribution in [0.25, 0.3) is 0 Å². The summed E-state index contributed by atoms with van der Waals surface area (Å²) in [6.07, 6.45) is 1.39. The van der Waals surface area contributed by atoms with Gasteiger partial charge in [0.25, 0.3) is 0 Å². The van der Waals surface area contributed by atoms with E-state index in [2.05, 4.69) is 5.16 Å². The number of methoxy groups -OCH3 is 1. The minimum Gasteiger partial charge on any atom is -0.411 e. The summed E-state index contributed by atoms with van der Waals surface area (Å²) in [5.41, 5.74) is 1.93. The first-order valence-electron chi connectivity index (χ1n) is 3.62. The molecular weight excluding hydrogens is 154 g/mol. The molecular formula is C9H11NO2. The lowest BCUT2D eigenvalue weighted by Crippen LogP contribution is -1.89. The van der Waals surface area contributed by atoms with Crippen LogP contribution < -0.4 is 0 Å². The molecule has 0 amide bonds. The maximum atomic E-state index is 8.28. The Kier molecular flexibility index (Phi) is 3.29. The Morgan fingerprint density at radius 3 is 3.08 bits per heavy atom. The van der Waals surface area contributed by atoms with Gasteiger partial charge in [-0.15, -0.1) is 0 Å². The van der Waals surface area contributed by atoms with E-state index in [-0.39, 0.29) is 0 Å². The van der Waals surface area contributed by atoms with Crippen molar-refractivity contribution in [2.45, 2.75) is 6.61 Å². The van der Waals surface area contributed by atoms with E-state index in [9.17, 15) is 0 Å². The van der Waals surface area contributed by atoms with Gasteiger partial charge >= 0.3 is 0 Å². The molecule has 0 saturated carbocycles. The molecule has 0 aliphatic carbocycles. The molecule has 0 aromatic heterocycles. The second-order valence-corrected chi connectivity index (χ2v) is 2.42. The van der Waals surface area contributed by atoms with Crippen LogP contribution in [0.4, 0.5) is 0 Å². The van der Waals surface area contributed by atoms with Crippen molar-refractivity contribution >= 4 is 6.21 Å². The molecule has 0 heterocycles. The lowest BCUT2D eigenvalue weighted by molar-refractivity contribution is 0.185. The molecule has 0 radical (unpaired) electrons. The summed E-state index contributed by atoms with van der Waals surface area (Å²) in [6.45, 7) is 0.576. The lowest BCUT2D eigenvalue weighted by atomic mass is 10.1. The first kappa shape index (κ1) is 8.74. The van der Waals surface area contributed by atoms with Crippen molar-refractivity contribution in [2.24, 2.45) is 5.16 Å². The van der Waals surface area contributed by atoms with Crippen LogP contribution in [0.3, 0.4) is 0 Å². The summed E-state index contributed by atoms with van der Waals surface area (Å²) in [4.78, 5) is 0. The van der Waals surface area contributed by atoms with Crippen LogP contribution in [-0.2, 0) is 11.3 Å². The van der Waals surface area contributed by atoms with E-state index < -0.39 is 0 Å². The Labute approximate surface area is 71.3 Å². The van der Waals surface area contributed by atoms with Crippen LogP contribution in [0.1, 0.15) is 11.1 Å². The van der Waals surface area contributed by atoms with Crippen molar-refractivity contribution in [1.29, 1.82) is 0 Å². The highest BCUT2D eigenvalue weighted by Crippen LogP contribution is 2.03. The van der Waals surface area contributed by atoms with Crippen molar-refractivity contribution in [1.82, 2.24) is 0 Å². The number of nitrogens with zero attached hydrogens (tertiary/aromatic N) is 1. The second kappa shape index (κ2) is 4.51. The highest BCUT2D eigenvalue weighted by atomic mass is 16.5. The van der Waals surface area contributed by atoms with Gasteiger partial charge in [0.15, 0.2) is 0 Å². The maximum absolute atomic E-state index is 8.28. The molecule has 1 aromatic rings. The molecule has 0 spiro atoms. The van der Waals surface area contributed by atoms with Gasteiger partial charge in [-0.3, -0.25) is 0 Å². The summed E-state index contributed by atoms with van der Waals surface area (Å²) in [5.74, 6) is 0. The topological polar surface area (TPSA) is 41.8 Å². The third kappa shape index (κ3) is 2.36. The van der Waals surface area contributed by atoms with Crippen LogP contribution in [0, 0.1) is 0 Å². The van der Waals surface area contributed by atoms with E-state index in [4.69, 9.17) is 9.94 Å². The molecule has 1 aromatic carbocycles. The summed E-state index contributed by atoms with van der Waals surface area (Å²) < 4.78 is 4.95. The third-order valence-corrected chi connectivity index (χ3v) is 1.47. The normalized spacial score (nSPS) is 10.8. The second-order valence-electron chi connectivity index (χ2n) is 2.42. The van der Waals surface area contributed by atoms with Gasteiger partial charge in [-0.2, -0.15) is 0 Å². The van der Waals surface area contributed by atoms with Crippen LogP contribution in [-0.4, -0.2) is 18.5 Å². The molecule has 0 fully saturated rings. The number of oxime groups is 1. The van der Waals surface area contributed by atoms with Crippen molar-refractivity contribution < 1.29 is 9.94 Å². The number of hydrogen-bond acceptors (Lipinski definition) is 3. The van der Waals surface area contributed by atoms with Gasteiger partial charge in [0, 0.05) is 7.11 Å². The zero-order valence-electron chi connectivity index (χ0n) is 6.90. The molecule has 0 bridgehead atoms. The third-order valence-electron chi connectivity index (χ3n) is 1.47. The average Bonchev–Trinajstić information content (AvgIpc) is 2.06. The Morgan fingerprint density at radius 1 is 1.58 bits per heavy atom. The van der Waals surface area contributed by atoms with E-state index >= 15 is 0 Å². The molecule has 0 aliphatic heterocycles. The predicted octanol–water partition coefficient (Wildman–Crippen LogP) is 1.64. The molecule has 3 nitrogen and oxygen atoms in total. The van der Waals surface area contributed by atoms with E-state index in [1.54, 1.807) is 7.11 Å². The quantitative estimate of drug-likeness (QED) is 0.420. The van der Waals surface area contributed by atoms with Crippen molar-refractivity contribution in [3.05, 3.63) is 35.4 Å². The number of ether oxygens (including phenoxy) is 1. The largest absolute Gasteiger partial charge is 0.411 e. The Hall–Kier alpha value is -1.35. The highest BCUT2D eigenvalue weighted by Gasteiger charge is 1.92. The fraction of sp³-hybridized carbons (Fsp3) is 0.222. The smallest absolute Gasteiger partial charge is 0.0733 e. The number of benzene rings is 1. The van der Waals surface area contributed by atoms with Gasteiger partial charge in [0.1, 0.15) is 0 Å². The molecule has 0 unspecified atom stereocenters. The molecule has 12 heavy (non-hydrogen) atoms. The van der Waals surface area contributed by atoms with Gasteiger partial charge in [-0.25, -0.2) is 0 Å². The van der Waals surface area contributed by atoms with Gasteiger partial charge in [0.05, 0.1) is 12.8 Å². The highest BCUT2D eigenvalue weighted by molar-refractivity contribution is 5.79. The Morgan fingerprint density at radius 2 is 2.42 bits per heavy atom. The molecule has 1 rings (SSSR count). The SMILES string of the molecule is COCc1cccc(C=NO)c1. The Balaban J connectivity index is 2.80. The number of hydrogen-bond donors (Lipinski definition) is 1. The predicted molar refractivity (Wildman–Crippen MR) is 46.5 cm³/mol. The number of rotatable bonds is 3. The van der Waals surface area contributed by atoms with E-state index in [0.29, 0.717) is 6.61 Å². The lowest BCUT2D eigenvalue weighted by Gasteiger charge is -1.99. The summed E-state index contributed by atoms with van der Waals surface area (Å²) in [5, 5.41) is 11.2. The zero-order valence-corrected chi connectivity index (χ0v) is 6.90. The van der Waals surface area contributed by atoms with Gasteiger partial charge in [0.2, 0.25) is 0 Å². The molecule has 0 atom stereocenters. The molecule has 0 saturated heterocycles. The molecule has 0 aliphatic rings. The minimum absolute atomic E-state index is 0.576. The monoisotopic (exact) mass is 165 g/mol. The van der Waals surface area contributed by atoms with Crippen LogP contribution in [0.15, 0.2) is 29.4 Å². The minimum atomic E-state index is 0.576.